The summed E-state index contributed by atoms with van der Waals surface area (Å²) >= 11 is 0. The van der Waals surface area contributed by atoms with Gasteiger partial charge in [-0.3, -0.25) is 9.59 Å². The van der Waals surface area contributed by atoms with Crippen molar-refractivity contribution in [3.05, 3.63) is 0 Å². The number of hydrogen-bond acceptors (Lipinski definition) is 4. The molecule has 0 aliphatic heterocycles. The number of ether oxygens (including phenoxy) is 2. The summed E-state index contributed by atoms with van der Waals surface area (Å²) in [6.07, 6.45) is 17.5. The maximum Gasteiger partial charge on any atom is 0.317 e. The molecule has 0 rings (SSSR count). The lowest BCUT2D eigenvalue weighted by Crippen LogP contribution is -2.19. The molecule has 0 saturated carbocycles. The molecule has 0 bridgehead atoms. The van der Waals surface area contributed by atoms with E-state index in [2.05, 4.69) is 13.8 Å². The van der Waals surface area contributed by atoms with Crippen molar-refractivity contribution in [2.75, 3.05) is 6.61 Å². The molecule has 0 heterocycles. The summed E-state index contributed by atoms with van der Waals surface area (Å²) in [5, 5.41) is 0. The molecule has 1 atom stereocenters. The fourth-order valence-corrected chi connectivity index (χ4v) is 3.13. The third-order valence-electron chi connectivity index (χ3n) is 4.85. The van der Waals surface area contributed by atoms with E-state index in [0.29, 0.717) is 6.61 Å². The van der Waals surface area contributed by atoms with Crippen LogP contribution in [0.3, 0.4) is 0 Å². The van der Waals surface area contributed by atoms with Gasteiger partial charge >= 0.3 is 11.9 Å². The molecule has 0 saturated heterocycles. The van der Waals surface area contributed by atoms with Crippen molar-refractivity contribution in [3.63, 3.8) is 0 Å². The van der Waals surface area contributed by atoms with Crippen LogP contribution in [0.25, 0.3) is 0 Å². The zero-order valence-corrected chi connectivity index (χ0v) is 18.2. The topological polar surface area (TPSA) is 52.6 Å². The fourth-order valence-electron chi connectivity index (χ4n) is 3.13. The molecule has 0 aliphatic rings. The number of hydrogen-bond donors (Lipinski definition) is 0. The van der Waals surface area contributed by atoms with Gasteiger partial charge in [-0.1, -0.05) is 90.9 Å². The molecule has 0 N–H and O–H groups in total. The average molecular weight is 385 g/mol. The Hall–Kier alpha value is -1.06. The van der Waals surface area contributed by atoms with E-state index < -0.39 is 11.9 Å². The first-order valence-corrected chi connectivity index (χ1v) is 11.4. The quantitative estimate of drug-likeness (QED) is 0.140. The highest BCUT2D eigenvalue weighted by Crippen LogP contribution is 2.11. The largest absolute Gasteiger partial charge is 0.465 e. The second-order valence-corrected chi connectivity index (χ2v) is 7.73. The van der Waals surface area contributed by atoms with Crippen molar-refractivity contribution < 1.29 is 19.1 Å². The lowest BCUT2D eigenvalue weighted by molar-refractivity contribution is -0.157. The van der Waals surface area contributed by atoms with Crippen LogP contribution >= 0.6 is 0 Å². The Morgan fingerprint density at radius 3 is 1.70 bits per heavy atom. The Kier molecular flexibility index (Phi) is 18.9. The summed E-state index contributed by atoms with van der Waals surface area (Å²) in [6, 6.07) is 0. The van der Waals surface area contributed by atoms with E-state index >= 15 is 0 Å². The van der Waals surface area contributed by atoms with Gasteiger partial charge in [-0.15, -0.1) is 0 Å². The average Bonchev–Trinajstić information content (AvgIpc) is 2.63. The van der Waals surface area contributed by atoms with Crippen molar-refractivity contribution in [3.8, 4) is 0 Å². The molecule has 0 radical (unpaired) electrons. The molecule has 4 nitrogen and oxygen atoms in total. The van der Waals surface area contributed by atoms with Gasteiger partial charge in [0.05, 0.1) is 12.7 Å². The highest BCUT2D eigenvalue weighted by Gasteiger charge is 2.15. The summed E-state index contributed by atoms with van der Waals surface area (Å²) in [5.41, 5.74) is 0. The van der Waals surface area contributed by atoms with Crippen LogP contribution in [0.5, 0.6) is 0 Å². The smallest absolute Gasteiger partial charge is 0.317 e. The predicted octanol–water partition coefficient (Wildman–Crippen LogP) is 6.74. The Balaban J connectivity index is 3.50. The molecule has 160 valence electrons. The van der Waals surface area contributed by atoms with Crippen LogP contribution in [0.4, 0.5) is 0 Å². The normalized spacial score (nSPS) is 12.0. The van der Waals surface area contributed by atoms with Gasteiger partial charge in [-0.25, -0.2) is 0 Å². The van der Waals surface area contributed by atoms with E-state index in [-0.39, 0.29) is 12.5 Å². The van der Waals surface area contributed by atoms with Crippen molar-refractivity contribution in [2.24, 2.45) is 0 Å². The molecule has 0 fully saturated rings. The van der Waals surface area contributed by atoms with Gasteiger partial charge in [-0.2, -0.15) is 0 Å². The molecule has 1 unspecified atom stereocenters. The minimum absolute atomic E-state index is 0.121. The molecular weight excluding hydrogens is 340 g/mol. The van der Waals surface area contributed by atoms with Crippen molar-refractivity contribution in [1.29, 1.82) is 0 Å². The van der Waals surface area contributed by atoms with Gasteiger partial charge < -0.3 is 9.47 Å². The van der Waals surface area contributed by atoms with Crippen molar-refractivity contribution >= 4 is 11.9 Å². The third kappa shape index (κ3) is 19.5. The Morgan fingerprint density at radius 1 is 0.667 bits per heavy atom. The number of carbonyl (C=O) groups is 2. The van der Waals surface area contributed by atoms with E-state index in [9.17, 15) is 9.59 Å². The van der Waals surface area contributed by atoms with Crippen LogP contribution in [-0.2, 0) is 19.1 Å². The van der Waals surface area contributed by atoms with Gasteiger partial charge in [0.15, 0.2) is 0 Å². The minimum Gasteiger partial charge on any atom is -0.465 e. The summed E-state index contributed by atoms with van der Waals surface area (Å²) in [6.45, 7) is 6.74. The SMILES string of the molecule is CCCCCCCCCCOC(=O)CC(=O)OC(C)CCCCCCCC. The van der Waals surface area contributed by atoms with E-state index in [1.165, 1.54) is 70.6 Å². The molecule has 0 aromatic heterocycles. The Bertz CT molecular complexity index is 354. The second-order valence-electron chi connectivity index (χ2n) is 7.73. The van der Waals surface area contributed by atoms with Crippen LogP contribution in [0.1, 0.15) is 124 Å². The first kappa shape index (κ1) is 25.9. The monoisotopic (exact) mass is 384 g/mol. The van der Waals surface area contributed by atoms with Crippen LogP contribution in [-0.4, -0.2) is 24.6 Å². The molecule has 0 aromatic rings. The van der Waals surface area contributed by atoms with Crippen LogP contribution in [0.2, 0.25) is 0 Å². The molecule has 0 aliphatic carbocycles. The summed E-state index contributed by atoms with van der Waals surface area (Å²) in [7, 11) is 0. The van der Waals surface area contributed by atoms with Gasteiger partial charge in [0, 0.05) is 0 Å². The second kappa shape index (κ2) is 19.7. The van der Waals surface area contributed by atoms with Crippen LogP contribution < -0.4 is 0 Å². The lowest BCUT2D eigenvalue weighted by atomic mass is 10.1. The van der Waals surface area contributed by atoms with E-state index in [0.717, 1.165) is 25.7 Å². The highest BCUT2D eigenvalue weighted by molar-refractivity contribution is 5.91. The maximum atomic E-state index is 11.8. The number of carbonyl (C=O) groups excluding carboxylic acids is 2. The van der Waals surface area contributed by atoms with Crippen LogP contribution in [0.15, 0.2) is 0 Å². The highest BCUT2D eigenvalue weighted by atomic mass is 16.6. The van der Waals surface area contributed by atoms with Gasteiger partial charge in [-0.05, 0) is 26.2 Å². The molecule has 27 heavy (non-hydrogen) atoms. The van der Waals surface area contributed by atoms with Gasteiger partial charge in [0.1, 0.15) is 6.42 Å². The molecule has 4 heteroatoms. The standard InChI is InChI=1S/C23H44O4/c1-4-6-8-10-12-13-15-17-19-26-22(24)20-23(25)27-21(3)18-16-14-11-9-7-5-2/h21H,4-20H2,1-3H3. The Morgan fingerprint density at radius 2 is 1.15 bits per heavy atom. The van der Waals surface area contributed by atoms with Crippen LogP contribution in [0, 0.1) is 0 Å². The van der Waals surface area contributed by atoms with E-state index in [4.69, 9.17) is 9.47 Å². The Labute approximate surface area is 167 Å². The summed E-state index contributed by atoms with van der Waals surface area (Å²) in [5.74, 6) is -0.927. The first-order chi connectivity index (χ1) is 13.1. The predicted molar refractivity (Wildman–Crippen MR) is 112 cm³/mol. The zero-order chi connectivity index (χ0) is 20.2. The molecule has 0 spiro atoms. The molecule has 0 aromatic carbocycles. The summed E-state index contributed by atoms with van der Waals surface area (Å²) < 4.78 is 10.4. The maximum absolute atomic E-state index is 11.8. The van der Waals surface area contributed by atoms with E-state index in [1.54, 1.807) is 0 Å². The van der Waals surface area contributed by atoms with Crippen molar-refractivity contribution in [2.45, 2.75) is 130 Å². The molecular formula is C23H44O4. The zero-order valence-electron chi connectivity index (χ0n) is 18.2. The molecule has 0 amide bonds. The number of rotatable bonds is 19. The fraction of sp³-hybridized carbons (Fsp3) is 0.913. The lowest BCUT2D eigenvalue weighted by Gasteiger charge is -2.13. The third-order valence-corrected chi connectivity index (χ3v) is 4.85. The minimum atomic E-state index is -0.464. The van der Waals surface area contributed by atoms with Crippen molar-refractivity contribution in [1.82, 2.24) is 0 Å². The number of esters is 2. The van der Waals surface area contributed by atoms with Gasteiger partial charge in [0.25, 0.3) is 0 Å². The summed E-state index contributed by atoms with van der Waals surface area (Å²) in [4.78, 5) is 23.5. The van der Waals surface area contributed by atoms with E-state index in [1.807, 2.05) is 6.92 Å². The number of unbranched alkanes of at least 4 members (excludes halogenated alkanes) is 12. The first-order valence-electron chi connectivity index (χ1n) is 11.4. The van der Waals surface area contributed by atoms with Gasteiger partial charge in [0.2, 0.25) is 0 Å².